The van der Waals surface area contributed by atoms with Crippen LogP contribution in [0.15, 0.2) is 30.5 Å². The quantitative estimate of drug-likeness (QED) is 0.755. The molecule has 1 heterocycles. The Morgan fingerprint density at radius 2 is 2.10 bits per heavy atom. The Kier molecular flexibility index (Phi) is 5.78. The predicted molar refractivity (Wildman–Crippen MR) is 82.6 cm³/mol. The molecule has 5 nitrogen and oxygen atoms in total. The maximum atomic E-state index is 5.43. The van der Waals surface area contributed by atoms with Crippen LogP contribution in [-0.2, 0) is 17.8 Å². The Labute approximate surface area is 125 Å². The van der Waals surface area contributed by atoms with Gasteiger partial charge in [0.05, 0.1) is 26.0 Å². The summed E-state index contributed by atoms with van der Waals surface area (Å²) in [4.78, 5) is 0. The molecule has 0 atom stereocenters. The van der Waals surface area contributed by atoms with Gasteiger partial charge in [0.1, 0.15) is 5.75 Å². The van der Waals surface area contributed by atoms with Crippen molar-refractivity contribution in [3.8, 4) is 5.75 Å². The maximum Gasteiger partial charge on any atom is 0.123 e. The van der Waals surface area contributed by atoms with Crippen LogP contribution in [-0.4, -0.2) is 37.2 Å². The molecular weight excluding hydrogens is 266 g/mol. The van der Waals surface area contributed by atoms with E-state index in [0.717, 1.165) is 30.1 Å². The van der Waals surface area contributed by atoms with E-state index in [0.29, 0.717) is 13.2 Å². The fourth-order valence-corrected chi connectivity index (χ4v) is 2.24. The molecule has 0 unspecified atom stereocenters. The number of hydrogen-bond donors (Lipinski definition) is 1. The minimum Gasteiger partial charge on any atom is -0.496 e. The molecule has 0 saturated carbocycles. The van der Waals surface area contributed by atoms with E-state index in [2.05, 4.69) is 29.5 Å². The molecule has 0 aliphatic rings. The van der Waals surface area contributed by atoms with Gasteiger partial charge in [-0.1, -0.05) is 17.7 Å². The summed E-state index contributed by atoms with van der Waals surface area (Å²) >= 11 is 0. The molecule has 0 saturated heterocycles. The summed E-state index contributed by atoms with van der Waals surface area (Å²) in [5.41, 5.74) is 3.51. The third-order valence-electron chi connectivity index (χ3n) is 3.35. The van der Waals surface area contributed by atoms with E-state index in [1.54, 1.807) is 14.2 Å². The van der Waals surface area contributed by atoms with Crippen molar-refractivity contribution in [2.75, 3.05) is 27.4 Å². The molecule has 0 bridgehead atoms. The third-order valence-corrected chi connectivity index (χ3v) is 3.35. The molecule has 1 N–H and O–H groups in total. The van der Waals surface area contributed by atoms with Gasteiger partial charge in [0.15, 0.2) is 0 Å². The second-order valence-corrected chi connectivity index (χ2v) is 4.97. The number of hydrogen-bond acceptors (Lipinski definition) is 4. The lowest BCUT2D eigenvalue weighted by Gasteiger charge is -2.12. The van der Waals surface area contributed by atoms with Gasteiger partial charge in [0, 0.05) is 32.0 Å². The van der Waals surface area contributed by atoms with E-state index < -0.39 is 0 Å². The van der Waals surface area contributed by atoms with Crippen LogP contribution < -0.4 is 10.1 Å². The zero-order valence-corrected chi connectivity index (χ0v) is 12.9. The van der Waals surface area contributed by atoms with Crippen LogP contribution in [0.5, 0.6) is 5.75 Å². The lowest BCUT2D eigenvalue weighted by atomic mass is 10.1. The van der Waals surface area contributed by atoms with Crippen LogP contribution in [0.2, 0.25) is 0 Å². The van der Waals surface area contributed by atoms with E-state index in [4.69, 9.17) is 9.47 Å². The van der Waals surface area contributed by atoms with Crippen molar-refractivity contribution < 1.29 is 9.47 Å². The predicted octanol–water partition coefficient (Wildman–Crippen LogP) is 1.98. The zero-order valence-electron chi connectivity index (χ0n) is 12.9. The van der Waals surface area contributed by atoms with Gasteiger partial charge < -0.3 is 14.8 Å². The number of aryl methyl sites for hydroxylation is 1. The van der Waals surface area contributed by atoms with Gasteiger partial charge in [0.2, 0.25) is 0 Å². The molecule has 0 aliphatic heterocycles. The smallest absolute Gasteiger partial charge is 0.123 e. The highest BCUT2D eigenvalue weighted by Crippen LogP contribution is 2.21. The fourth-order valence-electron chi connectivity index (χ4n) is 2.24. The van der Waals surface area contributed by atoms with Gasteiger partial charge in [0.25, 0.3) is 0 Å². The van der Waals surface area contributed by atoms with Crippen LogP contribution in [0, 0.1) is 6.92 Å². The third kappa shape index (κ3) is 4.31. The first-order chi connectivity index (χ1) is 10.2. The first-order valence-corrected chi connectivity index (χ1v) is 7.08. The van der Waals surface area contributed by atoms with Crippen LogP contribution in [0.25, 0.3) is 0 Å². The molecule has 1 aromatic carbocycles. The standard InChI is InChI=1S/C16H23N3O2/c1-13-4-5-16(21-3)14(10-13)12-19-15(6-7-18-19)11-17-8-9-20-2/h4-7,10,17H,8-9,11-12H2,1-3H3. The molecule has 0 radical (unpaired) electrons. The van der Waals surface area contributed by atoms with E-state index >= 15 is 0 Å². The van der Waals surface area contributed by atoms with Crippen molar-refractivity contribution in [2.24, 2.45) is 0 Å². The van der Waals surface area contributed by atoms with Crippen molar-refractivity contribution in [3.05, 3.63) is 47.3 Å². The molecule has 1 aromatic heterocycles. The van der Waals surface area contributed by atoms with Crippen LogP contribution in [0.3, 0.4) is 0 Å². The van der Waals surface area contributed by atoms with Gasteiger partial charge in [-0.05, 0) is 19.1 Å². The number of ether oxygens (including phenoxy) is 2. The highest BCUT2D eigenvalue weighted by molar-refractivity contribution is 5.37. The Morgan fingerprint density at radius 3 is 2.86 bits per heavy atom. The molecule has 0 fully saturated rings. The molecule has 0 amide bonds. The Bertz CT molecular complexity index is 566. The Balaban J connectivity index is 2.06. The molecule has 5 heteroatoms. The van der Waals surface area contributed by atoms with E-state index in [-0.39, 0.29) is 0 Å². The number of nitrogens with zero attached hydrogens (tertiary/aromatic N) is 2. The van der Waals surface area contributed by atoms with E-state index in [1.165, 1.54) is 5.56 Å². The monoisotopic (exact) mass is 289 g/mol. The number of rotatable bonds is 8. The molecule has 114 valence electrons. The van der Waals surface area contributed by atoms with Crippen molar-refractivity contribution >= 4 is 0 Å². The highest BCUT2D eigenvalue weighted by atomic mass is 16.5. The summed E-state index contributed by atoms with van der Waals surface area (Å²) in [5, 5.41) is 7.74. The van der Waals surface area contributed by atoms with E-state index in [1.807, 2.05) is 23.0 Å². The lowest BCUT2D eigenvalue weighted by Crippen LogP contribution is -2.21. The van der Waals surface area contributed by atoms with Crippen molar-refractivity contribution in [2.45, 2.75) is 20.0 Å². The van der Waals surface area contributed by atoms with Gasteiger partial charge in [-0.2, -0.15) is 5.10 Å². The van der Waals surface area contributed by atoms with Crippen molar-refractivity contribution in [1.29, 1.82) is 0 Å². The average molecular weight is 289 g/mol. The van der Waals surface area contributed by atoms with Crippen LogP contribution in [0.4, 0.5) is 0 Å². The summed E-state index contributed by atoms with van der Waals surface area (Å²) in [5.74, 6) is 0.898. The normalized spacial score (nSPS) is 10.8. The minimum atomic E-state index is 0.707. The summed E-state index contributed by atoms with van der Waals surface area (Å²) in [6.45, 7) is 5.10. The Hall–Kier alpha value is -1.85. The minimum absolute atomic E-state index is 0.707. The lowest BCUT2D eigenvalue weighted by molar-refractivity contribution is 0.199. The summed E-state index contributed by atoms with van der Waals surface area (Å²) < 4.78 is 12.5. The summed E-state index contributed by atoms with van der Waals surface area (Å²) in [7, 11) is 3.40. The molecule has 0 spiro atoms. The summed E-state index contributed by atoms with van der Waals surface area (Å²) in [6.07, 6.45) is 1.83. The summed E-state index contributed by atoms with van der Waals surface area (Å²) in [6, 6.07) is 8.23. The highest BCUT2D eigenvalue weighted by Gasteiger charge is 2.08. The zero-order chi connectivity index (χ0) is 15.1. The fraction of sp³-hybridized carbons (Fsp3) is 0.438. The maximum absolute atomic E-state index is 5.43. The van der Waals surface area contributed by atoms with Crippen LogP contribution >= 0.6 is 0 Å². The number of benzene rings is 1. The number of nitrogens with one attached hydrogen (secondary N) is 1. The first kappa shape index (κ1) is 15.5. The van der Waals surface area contributed by atoms with Gasteiger partial charge in [-0.15, -0.1) is 0 Å². The topological polar surface area (TPSA) is 48.3 Å². The second kappa shape index (κ2) is 7.81. The van der Waals surface area contributed by atoms with E-state index in [9.17, 15) is 0 Å². The molecule has 0 aliphatic carbocycles. The molecule has 2 rings (SSSR count). The molecule has 21 heavy (non-hydrogen) atoms. The average Bonchev–Trinajstić information content (AvgIpc) is 2.91. The number of aromatic nitrogens is 2. The van der Waals surface area contributed by atoms with Crippen molar-refractivity contribution in [3.63, 3.8) is 0 Å². The van der Waals surface area contributed by atoms with Gasteiger partial charge >= 0.3 is 0 Å². The largest absolute Gasteiger partial charge is 0.496 e. The Morgan fingerprint density at radius 1 is 1.24 bits per heavy atom. The first-order valence-electron chi connectivity index (χ1n) is 7.08. The SMILES string of the molecule is COCCNCc1ccnn1Cc1cc(C)ccc1OC. The van der Waals surface area contributed by atoms with Crippen LogP contribution in [0.1, 0.15) is 16.8 Å². The second-order valence-electron chi connectivity index (χ2n) is 4.97. The molecular formula is C16H23N3O2. The molecule has 2 aromatic rings. The number of methoxy groups -OCH3 is 2. The van der Waals surface area contributed by atoms with Crippen molar-refractivity contribution in [1.82, 2.24) is 15.1 Å². The van der Waals surface area contributed by atoms with Gasteiger partial charge in [-0.3, -0.25) is 4.68 Å². The van der Waals surface area contributed by atoms with Gasteiger partial charge in [-0.25, -0.2) is 0 Å².